The monoisotopic (exact) mass is 996 g/mol. The highest BCUT2D eigenvalue weighted by atomic mass is 32.1. The predicted molar refractivity (Wildman–Crippen MR) is 258 cm³/mol. The first-order chi connectivity index (χ1) is 33.0. The molecule has 4 aromatic heterocycles. The van der Waals surface area contributed by atoms with Crippen LogP contribution >= 0.6 is 22.7 Å². The lowest BCUT2D eigenvalue weighted by molar-refractivity contribution is -0.0882. The number of halogens is 5. The van der Waals surface area contributed by atoms with Crippen LogP contribution in [0.4, 0.5) is 22.0 Å². The van der Waals surface area contributed by atoms with E-state index in [0.29, 0.717) is 62.5 Å². The van der Waals surface area contributed by atoms with Gasteiger partial charge in [0, 0.05) is 40.6 Å². The summed E-state index contributed by atoms with van der Waals surface area (Å²) in [5.74, 6) is -3.03. The Hall–Kier alpha value is -7.41. The number of Topliss-reactive ketones (excluding diaryl/α,β-unsaturated/α-hetero) is 2. The van der Waals surface area contributed by atoms with Crippen LogP contribution in [0.25, 0.3) is 45.2 Å². The second-order valence-electron chi connectivity index (χ2n) is 17.0. The summed E-state index contributed by atoms with van der Waals surface area (Å²) in [7, 11) is 0. The quantitative estimate of drug-likeness (QED) is 0.0743. The highest BCUT2D eigenvalue weighted by Crippen LogP contribution is 2.32. The number of amides is 1. The van der Waals surface area contributed by atoms with Gasteiger partial charge in [0.25, 0.3) is 11.7 Å². The van der Waals surface area contributed by atoms with E-state index < -0.39 is 28.2 Å². The summed E-state index contributed by atoms with van der Waals surface area (Å²) >= 11 is 2.07. The number of benzene rings is 4. The number of carbonyl (C=O) groups is 4. The largest absolute Gasteiger partial charge is 0.478 e. The zero-order chi connectivity index (χ0) is 51.0. The Kier molecular flexibility index (Phi) is 16.3. The molecule has 11 nitrogen and oxygen atoms in total. The van der Waals surface area contributed by atoms with E-state index in [0.717, 1.165) is 22.4 Å². The van der Waals surface area contributed by atoms with E-state index in [1.54, 1.807) is 79.1 Å². The molecule has 4 aromatic carbocycles. The Labute approximate surface area is 406 Å². The molecular weight excluding hydrogens is 952 g/mol. The van der Waals surface area contributed by atoms with Crippen molar-refractivity contribution in [3.63, 3.8) is 0 Å². The van der Waals surface area contributed by atoms with Crippen LogP contribution < -0.4 is 11.1 Å². The lowest BCUT2D eigenvalue weighted by Gasteiger charge is -2.22. The Morgan fingerprint density at radius 2 is 1.09 bits per heavy atom. The minimum atomic E-state index is -4.94. The van der Waals surface area contributed by atoms with E-state index in [-0.39, 0.29) is 40.8 Å². The van der Waals surface area contributed by atoms with E-state index in [1.165, 1.54) is 60.2 Å². The number of rotatable bonds is 13. The molecule has 0 aliphatic carbocycles. The van der Waals surface area contributed by atoms with E-state index in [1.807, 2.05) is 39.1 Å². The third-order valence-electron chi connectivity index (χ3n) is 10.7. The number of ketones is 2. The maximum atomic E-state index is 13.2. The maximum Gasteiger partial charge on any atom is 0.455 e. The Balaban J connectivity index is 0.000000196. The molecule has 0 atom stereocenters. The number of nitrogens with one attached hydrogen (secondary N) is 1. The summed E-state index contributed by atoms with van der Waals surface area (Å²) in [4.78, 5) is 55.4. The Morgan fingerprint density at radius 1 is 0.629 bits per heavy atom. The van der Waals surface area contributed by atoms with Gasteiger partial charge in [0.2, 0.25) is 11.8 Å². The summed E-state index contributed by atoms with van der Waals surface area (Å²) < 4.78 is 75.0. The van der Waals surface area contributed by atoms with Crippen LogP contribution in [0.5, 0.6) is 0 Å². The van der Waals surface area contributed by atoms with Crippen LogP contribution in [-0.4, -0.2) is 57.8 Å². The van der Waals surface area contributed by atoms with Crippen molar-refractivity contribution in [1.29, 1.82) is 0 Å². The van der Waals surface area contributed by atoms with Crippen molar-refractivity contribution in [2.24, 2.45) is 5.73 Å². The zero-order valence-corrected chi connectivity index (χ0v) is 39.8. The maximum absolute atomic E-state index is 13.2. The molecule has 0 bridgehead atoms. The van der Waals surface area contributed by atoms with Crippen LogP contribution in [-0.2, 0) is 10.8 Å². The second kappa shape index (κ2) is 21.9. The smallest absolute Gasteiger partial charge is 0.455 e. The van der Waals surface area contributed by atoms with Crippen molar-refractivity contribution in [1.82, 2.24) is 15.3 Å². The molecule has 362 valence electrons. The highest BCUT2D eigenvalue weighted by molar-refractivity contribution is 7.12. The van der Waals surface area contributed by atoms with E-state index >= 15 is 0 Å². The number of hydrogen-bond acceptors (Lipinski definition) is 11. The molecule has 0 spiro atoms. The van der Waals surface area contributed by atoms with Gasteiger partial charge in [-0.25, -0.2) is 23.5 Å². The number of aromatic nitrogens is 2. The number of nitrogens with zero attached hydrogens (tertiary/aromatic N) is 2. The molecule has 1 amide bonds. The molecule has 18 heteroatoms. The highest BCUT2D eigenvalue weighted by Gasteiger charge is 2.40. The summed E-state index contributed by atoms with van der Waals surface area (Å²) in [5.41, 5.74) is 10.8. The third-order valence-corrected chi connectivity index (χ3v) is 12.7. The van der Waals surface area contributed by atoms with Crippen LogP contribution in [0.15, 0.2) is 141 Å². The van der Waals surface area contributed by atoms with Crippen molar-refractivity contribution in [3.05, 3.63) is 176 Å². The van der Waals surface area contributed by atoms with Gasteiger partial charge in [0.05, 0.1) is 26.7 Å². The number of carboxylic acids is 1. The fraction of sp³-hybridized carbons (Fsp3) is 0.192. The molecule has 70 heavy (non-hydrogen) atoms. The van der Waals surface area contributed by atoms with Crippen molar-refractivity contribution < 1.29 is 55.1 Å². The minimum absolute atomic E-state index is 0.0237. The van der Waals surface area contributed by atoms with Gasteiger partial charge in [-0.05, 0) is 125 Å². The molecule has 0 fully saturated rings. The summed E-state index contributed by atoms with van der Waals surface area (Å²) in [6.45, 7) is 9.97. The molecule has 0 aliphatic rings. The van der Waals surface area contributed by atoms with Crippen molar-refractivity contribution in [2.45, 2.75) is 51.6 Å². The molecule has 4 N–H and O–H groups in total. The summed E-state index contributed by atoms with van der Waals surface area (Å²) in [5, 5.41) is 15.0. The van der Waals surface area contributed by atoms with Crippen molar-refractivity contribution in [3.8, 4) is 45.2 Å². The van der Waals surface area contributed by atoms with Gasteiger partial charge in [-0.15, -0.1) is 22.7 Å². The number of aromatic carboxylic acids is 1. The molecule has 0 radical (unpaired) electrons. The Morgan fingerprint density at radius 3 is 1.54 bits per heavy atom. The number of carbonyl (C=O) groups excluding carboxylic acids is 3. The number of thiophene rings is 2. The van der Waals surface area contributed by atoms with Crippen LogP contribution in [0, 0.1) is 11.6 Å². The number of nitrogens with two attached hydrogens (primary N) is 1. The molecule has 0 saturated carbocycles. The van der Waals surface area contributed by atoms with Crippen molar-refractivity contribution in [2.75, 3.05) is 13.1 Å². The second-order valence-corrected chi connectivity index (χ2v) is 18.8. The van der Waals surface area contributed by atoms with Gasteiger partial charge in [-0.2, -0.15) is 13.2 Å². The lowest BCUT2D eigenvalue weighted by Crippen LogP contribution is -2.37. The average Bonchev–Trinajstić information content (AvgIpc) is 4.19. The van der Waals surface area contributed by atoms with Crippen LogP contribution in [0.3, 0.4) is 0 Å². The molecule has 0 saturated heterocycles. The topological polar surface area (TPSA) is 179 Å². The molecule has 8 rings (SSSR count). The number of hydrogen-bond donors (Lipinski definition) is 3. The van der Waals surface area contributed by atoms with Crippen LogP contribution in [0.2, 0.25) is 0 Å². The van der Waals surface area contributed by atoms with Gasteiger partial charge in [0.15, 0.2) is 5.78 Å². The first-order valence-corrected chi connectivity index (χ1v) is 23.0. The van der Waals surface area contributed by atoms with Gasteiger partial charge in [-0.3, -0.25) is 14.4 Å². The SMILES string of the molecule is CC(=O)c1cc(-c2cccc(C(=O)O)c2)cs1.CC(C)(CN)c1coc(-c2ccc(F)cc2)n1.CC(C)(CNC(=O)c1cccc(-c2csc(C(=O)C(F)(F)F)c2)c1)c1coc(-c2ccc(F)cc2)n1. The Bertz CT molecular complexity index is 3120. The predicted octanol–water partition coefficient (Wildman–Crippen LogP) is 12.7. The zero-order valence-electron chi connectivity index (χ0n) is 38.2. The first-order valence-electron chi connectivity index (χ1n) is 21.2. The van der Waals surface area contributed by atoms with Gasteiger partial charge < -0.3 is 25.0 Å². The number of carboxylic acid groups (broad SMARTS) is 1. The number of alkyl halides is 3. The van der Waals surface area contributed by atoms with Crippen molar-refractivity contribution >= 4 is 46.1 Å². The molecule has 0 aliphatic heterocycles. The molecule has 8 aromatic rings. The van der Waals surface area contributed by atoms with E-state index in [9.17, 15) is 41.1 Å². The fourth-order valence-corrected chi connectivity index (χ4v) is 8.00. The van der Waals surface area contributed by atoms with Gasteiger partial charge in [-0.1, -0.05) is 52.0 Å². The molecular formula is C52H45F5N4O7S2. The first kappa shape index (κ1) is 52.0. The normalized spacial score (nSPS) is 11.5. The standard InChI is InChI=1S/C26H20F4N2O3S.C13H15FN2O.C13H10O3S/c1-25(2,21-12-35-24(32-21)15-6-8-19(27)9-7-15)14-31-23(34)17-5-3-4-16(10-17)18-11-20(36-13-18)22(33)26(28,29)30;1-13(2,8-15)11-7-17-12(16-11)9-3-5-10(14)6-4-9;1-8(14)12-6-11(7-17-12)9-3-2-4-10(5-9)13(15)16/h3-13H,14H2,1-2H3,(H,31,34);3-7H,8,15H2,1-2H3;2-7H,1H3,(H,15,16). The fourth-order valence-electron chi connectivity index (χ4n) is 6.31. The third kappa shape index (κ3) is 13.2. The van der Waals surface area contributed by atoms with Gasteiger partial charge in [0.1, 0.15) is 24.2 Å². The average molecular weight is 997 g/mol. The van der Waals surface area contributed by atoms with E-state index in [4.69, 9.17) is 19.7 Å². The summed E-state index contributed by atoms with van der Waals surface area (Å²) in [6, 6.07) is 27.8. The van der Waals surface area contributed by atoms with Crippen LogP contribution in [0.1, 0.15) is 86.1 Å². The summed E-state index contributed by atoms with van der Waals surface area (Å²) in [6.07, 6.45) is -1.85. The minimum Gasteiger partial charge on any atom is -0.478 e. The molecule has 4 heterocycles. The lowest BCUT2D eigenvalue weighted by atomic mass is 9.90. The molecule has 0 unspecified atom stereocenters. The van der Waals surface area contributed by atoms with E-state index in [2.05, 4.69) is 15.3 Å². The number of oxazole rings is 2. The van der Waals surface area contributed by atoms with Gasteiger partial charge >= 0.3 is 12.1 Å².